The number of amides is 3. The first-order valence-corrected chi connectivity index (χ1v) is 16.7. The van der Waals surface area contributed by atoms with E-state index in [1.165, 1.54) is 0 Å². The maximum atomic E-state index is 12.4. The van der Waals surface area contributed by atoms with Gasteiger partial charge < -0.3 is 35.4 Å². The number of nitrogens with two attached hydrogens (primary N) is 1. The highest BCUT2D eigenvalue weighted by molar-refractivity contribution is 5.94. The Balaban J connectivity index is 0.000000189. The predicted molar refractivity (Wildman–Crippen MR) is 180 cm³/mol. The van der Waals surface area contributed by atoms with Gasteiger partial charge in [0.25, 0.3) is 0 Å². The molecule has 4 fully saturated rings. The van der Waals surface area contributed by atoms with Crippen LogP contribution in [0.25, 0.3) is 0 Å². The lowest BCUT2D eigenvalue weighted by Gasteiger charge is -2.34. The number of nitrogens with one attached hydrogen (secondary N) is 1. The van der Waals surface area contributed by atoms with E-state index in [0.29, 0.717) is 37.8 Å². The zero-order valence-corrected chi connectivity index (χ0v) is 29.3. The molecule has 15 heteroatoms. The van der Waals surface area contributed by atoms with Crippen LogP contribution in [0.15, 0.2) is 36.7 Å². The minimum atomic E-state index is -0.694. The number of aliphatic carboxylic acids is 1. The molecule has 4 N–H and O–H groups in total. The molecule has 2 saturated carbocycles. The summed E-state index contributed by atoms with van der Waals surface area (Å²) in [5.74, 6) is 0.0544. The minimum Gasteiger partial charge on any atom is -0.481 e. The van der Waals surface area contributed by atoms with Crippen LogP contribution in [0.2, 0.25) is 0 Å². The van der Waals surface area contributed by atoms with Crippen molar-refractivity contribution in [1.82, 2.24) is 30.2 Å². The van der Waals surface area contributed by atoms with Crippen LogP contribution >= 0.6 is 0 Å². The Bertz CT molecular complexity index is 1450. The van der Waals surface area contributed by atoms with Crippen molar-refractivity contribution in [2.24, 2.45) is 22.7 Å². The lowest BCUT2D eigenvalue weighted by molar-refractivity contribution is -0.139. The summed E-state index contributed by atoms with van der Waals surface area (Å²) >= 11 is 0. The number of anilines is 2. The zero-order chi connectivity index (χ0) is 36.0. The predicted octanol–water partition coefficient (Wildman–Crippen LogP) is 4.62. The van der Waals surface area contributed by atoms with Gasteiger partial charge in [0.2, 0.25) is 5.91 Å². The molecule has 4 aliphatic rings. The Morgan fingerprint density at radius 3 is 1.57 bits per heavy atom. The van der Waals surface area contributed by atoms with Crippen molar-refractivity contribution in [2.45, 2.75) is 91.3 Å². The summed E-state index contributed by atoms with van der Waals surface area (Å²) in [7, 11) is 0. The minimum absolute atomic E-state index is 0.000271. The molecule has 268 valence electrons. The Morgan fingerprint density at radius 2 is 1.22 bits per heavy atom. The standard InChI is InChI=1S/C17H24N4O3.C13H21NO4.C4H5N3/c1-16(2,3)24-15(23)21-9-6-17(7-10-21)11-12(17)14(22)19-13-5-4-8-18-20-13;1-12(2,3)18-11(17)14-6-4-13(5-7-14)8-9(13)10(15)16;5-4-2-1-3-6-7-4/h4-5,8,12H,6-7,9-11H2,1-3H3,(H,19,20,22);9H,4-8H2,1-3H3,(H,15,16);1-3H,(H2,5,7). The number of carbonyl (C=O) groups is 4. The SMILES string of the molecule is CC(C)(C)OC(=O)N1CCC2(CC1)CC2C(=O)Nc1cccnn1.CC(C)(C)OC(=O)N1CCC2(CC1)CC2C(=O)O.Nc1cccnn1. The van der Waals surface area contributed by atoms with Crippen LogP contribution in [-0.2, 0) is 19.1 Å². The second-order valence-corrected chi connectivity index (χ2v) is 15.3. The number of aromatic nitrogens is 4. The summed E-state index contributed by atoms with van der Waals surface area (Å²) in [4.78, 5) is 50.7. The molecule has 2 aromatic rings. The van der Waals surface area contributed by atoms with Gasteiger partial charge in [-0.15, -0.1) is 10.2 Å². The highest BCUT2D eigenvalue weighted by atomic mass is 16.6. The fourth-order valence-corrected chi connectivity index (χ4v) is 6.34. The second-order valence-electron chi connectivity index (χ2n) is 15.3. The summed E-state index contributed by atoms with van der Waals surface area (Å²) in [5.41, 5.74) is 4.22. The van der Waals surface area contributed by atoms with Gasteiger partial charge in [0.15, 0.2) is 5.82 Å². The van der Waals surface area contributed by atoms with Gasteiger partial charge in [-0.05, 0) is 115 Å². The van der Waals surface area contributed by atoms with E-state index in [-0.39, 0.29) is 40.8 Å². The van der Waals surface area contributed by atoms with Crippen LogP contribution in [0, 0.1) is 22.7 Å². The number of likely N-dealkylation sites (tertiary alicyclic amines) is 2. The van der Waals surface area contributed by atoms with E-state index in [2.05, 4.69) is 25.7 Å². The van der Waals surface area contributed by atoms with Crippen molar-refractivity contribution in [3.8, 4) is 0 Å². The van der Waals surface area contributed by atoms with Crippen LogP contribution in [0.4, 0.5) is 21.2 Å². The summed E-state index contributed by atoms with van der Waals surface area (Å²) in [5, 5.41) is 26.5. The summed E-state index contributed by atoms with van der Waals surface area (Å²) in [6.07, 6.45) is 7.48. The van der Waals surface area contributed by atoms with Gasteiger partial charge in [-0.2, -0.15) is 10.2 Å². The van der Waals surface area contributed by atoms with Gasteiger partial charge in [-0.1, -0.05) is 0 Å². The van der Waals surface area contributed by atoms with Crippen LogP contribution in [0.3, 0.4) is 0 Å². The number of hydrogen-bond acceptors (Lipinski definition) is 11. The van der Waals surface area contributed by atoms with E-state index in [1.54, 1.807) is 46.5 Å². The first-order valence-electron chi connectivity index (χ1n) is 16.7. The van der Waals surface area contributed by atoms with E-state index >= 15 is 0 Å². The van der Waals surface area contributed by atoms with Crippen molar-refractivity contribution in [3.63, 3.8) is 0 Å². The Labute approximate surface area is 287 Å². The molecule has 2 spiro atoms. The average Bonchev–Trinajstić information content (AvgIpc) is 3.93. The number of nitrogens with zero attached hydrogens (tertiary/aromatic N) is 6. The number of piperidine rings is 2. The van der Waals surface area contributed by atoms with Gasteiger partial charge in [-0.3, -0.25) is 9.59 Å². The molecule has 49 heavy (non-hydrogen) atoms. The molecular formula is C34H50N8O7. The quantitative estimate of drug-likeness (QED) is 0.406. The van der Waals surface area contributed by atoms with E-state index in [0.717, 1.165) is 38.5 Å². The molecule has 0 aromatic carbocycles. The number of nitrogen functional groups attached to an aromatic ring is 1. The topological polar surface area (TPSA) is 203 Å². The monoisotopic (exact) mass is 682 g/mol. The van der Waals surface area contributed by atoms with Crippen LogP contribution in [0.1, 0.15) is 80.1 Å². The van der Waals surface area contributed by atoms with Gasteiger partial charge in [0, 0.05) is 44.5 Å². The largest absolute Gasteiger partial charge is 0.481 e. The van der Waals surface area contributed by atoms with Gasteiger partial charge >= 0.3 is 18.2 Å². The van der Waals surface area contributed by atoms with Gasteiger partial charge in [0.1, 0.15) is 17.0 Å². The smallest absolute Gasteiger partial charge is 0.410 e. The van der Waals surface area contributed by atoms with E-state index in [9.17, 15) is 19.2 Å². The number of hydrogen-bond donors (Lipinski definition) is 3. The highest BCUT2D eigenvalue weighted by Crippen LogP contribution is 2.60. The van der Waals surface area contributed by atoms with Crippen LogP contribution < -0.4 is 11.1 Å². The maximum Gasteiger partial charge on any atom is 0.410 e. The number of carbonyl (C=O) groups excluding carboxylic acids is 3. The number of rotatable bonds is 3. The third-order valence-corrected chi connectivity index (χ3v) is 9.23. The van der Waals surface area contributed by atoms with E-state index in [4.69, 9.17) is 20.3 Å². The normalized spacial score (nSPS) is 21.6. The molecule has 2 aliphatic heterocycles. The molecule has 2 aliphatic carbocycles. The molecule has 2 unspecified atom stereocenters. The summed E-state index contributed by atoms with van der Waals surface area (Å²) in [6, 6.07) is 6.89. The molecule has 3 amide bonds. The lowest BCUT2D eigenvalue weighted by atomic mass is 9.91. The van der Waals surface area contributed by atoms with E-state index < -0.39 is 17.2 Å². The molecule has 0 radical (unpaired) electrons. The van der Waals surface area contributed by atoms with Crippen LogP contribution in [-0.4, -0.2) is 96.7 Å². The molecule has 6 rings (SSSR count). The Morgan fingerprint density at radius 1 is 0.776 bits per heavy atom. The zero-order valence-electron chi connectivity index (χ0n) is 29.3. The molecule has 4 heterocycles. The highest BCUT2D eigenvalue weighted by Gasteiger charge is 2.60. The van der Waals surface area contributed by atoms with Crippen LogP contribution in [0.5, 0.6) is 0 Å². The molecule has 0 bridgehead atoms. The Kier molecular flexibility index (Phi) is 11.3. The van der Waals surface area contributed by atoms with Crippen molar-refractivity contribution in [2.75, 3.05) is 37.2 Å². The number of ether oxygens (including phenoxy) is 2. The molecule has 2 saturated heterocycles. The second kappa shape index (κ2) is 14.9. The molecule has 15 nitrogen and oxygen atoms in total. The first-order chi connectivity index (χ1) is 22.9. The third-order valence-electron chi connectivity index (χ3n) is 9.23. The fourth-order valence-electron chi connectivity index (χ4n) is 6.34. The number of carboxylic acid groups (broad SMARTS) is 1. The fraction of sp³-hybridized carbons (Fsp3) is 0.647. The third kappa shape index (κ3) is 10.7. The molecular weight excluding hydrogens is 632 g/mol. The van der Waals surface area contributed by atoms with Crippen molar-refractivity contribution < 1.29 is 33.8 Å². The van der Waals surface area contributed by atoms with Crippen molar-refractivity contribution in [3.05, 3.63) is 36.7 Å². The lowest BCUT2D eigenvalue weighted by Crippen LogP contribution is -2.43. The number of carboxylic acids is 1. The van der Waals surface area contributed by atoms with Gasteiger partial charge in [0.05, 0.1) is 5.92 Å². The van der Waals surface area contributed by atoms with E-state index in [1.807, 2.05) is 41.5 Å². The maximum absolute atomic E-state index is 12.4. The first kappa shape index (κ1) is 37.3. The summed E-state index contributed by atoms with van der Waals surface area (Å²) < 4.78 is 10.7. The van der Waals surface area contributed by atoms with Crippen molar-refractivity contribution in [1.29, 1.82) is 0 Å². The average molecular weight is 683 g/mol. The Hall–Kier alpha value is -4.56. The molecule has 2 aromatic heterocycles. The van der Waals surface area contributed by atoms with Crippen molar-refractivity contribution >= 4 is 35.7 Å². The molecule has 2 atom stereocenters. The summed E-state index contributed by atoms with van der Waals surface area (Å²) in [6.45, 7) is 13.6. The van der Waals surface area contributed by atoms with Gasteiger partial charge in [-0.25, -0.2) is 9.59 Å².